The van der Waals surface area contributed by atoms with Crippen molar-refractivity contribution < 1.29 is 9.53 Å². The summed E-state index contributed by atoms with van der Waals surface area (Å²) in [4.78, 5) is 11.5. The Morgan fingerprint density at radius 2 is 1.47 bits per heavy atom. The Kier molecular flexibility index (Phi) is 9.63. The average Bonchev–Trinajstić information content (AvgIpc) is 2.31. The second kappa shape index (κ2) is 10.1. The van der Waals surface area contributed by atoms with Crippen LogP contribution in [0.2, 0.25) is 0 Å². The highest BCUT2D eigenvalue weighted by Crippen LogP contribution is 2.20. The number of hydrogen-bond acceptors (Lipinski definition) is 2. The molecule has 0 bridgehead atoms. The second-order valence-corrected chi connectivity index (χ2v) is 6.15. The lowest BCUT2D eigenvalue weighted by molar-refractivity contribution is -0.152. The average molecular weight is 268 g/mol. The van der Waals surface area contributed by atoms with Gasteiger partial charge in [-0.1, -0.05) is 58.4 Å². The molecular formula is C17H32O2. The van der Waals surface area contributed by atoms with Crippen molar-refractivity contribution in [1.82, 2.24) is 0 Å². The van der Waals surface area contributed by atoms with Gasteiger partial charge in [0.1, 0.15) is 5.60 Å². The molecule has 19 heavy (non-hydrogen) atoms. The first kappa shape index (κ1) is 18.2. The van der Waals surface area contributed by atoms with E-state index in [0.29, 0.717) is 5.57 Å². The van der Waals surface area contributed by atoms with E-state index in [2.05, 4.69) is 13.5 Å². The van der Waals surface area contributed by atoms with Gasteiger partial charge in [-0.2, -0.15) is 0 Å². The van der Waals surface area contributed by atoms with Crippen LogP contribution in [0.15, 0.2) is 12.2 Å². The van der Waals surface area contributed by atoms with E-state index < -0.39 is 0 Å². The van der Waals surface area contributed by atoms with Crippen molar-refractivity contribution in [3.8, 4) is 0 Å². The van der Waals surface area contributed by atoms with Gasteiger partial charge in [0.15, 0.2) is 0 Å². The molecule has 0 aromatic carbocycles. The summed E-state index contributed by atoms with van der Waals surface area (Å²) in [5.74, 6) is -0.274. The lowest BCUT2D eigenvalue weighted by Crippen LogP contribution is -2.28. The standard InChI is InChI=1S/C17H32O2/c1-6-7-8-9-10-11-12-13-14-17(4,5)19-16(18)15(2)3/h2,6-14H2,1,3-5H3. The molecule has 0 saturated heterocycles. The molecule has 2 nitrogen and oxygen atoms in total. The second-order valence-electron chi connectivity index (χ2n) is 6.15. The van der Waals surface area contributed by atoms with E-state index in [9.17, 15) is 4.79 Å². The third-order valence-electron chi connectivity index (χ3n) is 3.35. The minimum Gasteiger partial charge on any atom is -0.456 e. The lowest BCUT2D eigenvalue weighted by atomic mass is 9.99. The third-order valence-corrected chi connectivity index (χ3v) is 3.35. The van der Waals surface area contributed by atoms with Gasteiger partial charge in [0.05, 0.1) is 0 Å². The van der Waals surface area contributed by atoms with Crippen molar-refractivity contribution in [3.63, 3.8) is 0 Å². The van der Waals surface area contributed by atoms with Gasteiger partial charge in [0, 0.05) is 5.57 Å². The molecule has 0 fully saturated rings. The number of unbranched alkanes of at least 4 members (excludes halogenated alkanes) is 7. The molecule has 0 unspecified atom stereocenters. The Balaban J connectivity index is 3.58. The van der Waals surface area contributed by atoms with E-state index in [1.165, 1.54) is 44.9 Å². The van der Waals surface area contributed by atoms with Crippen LogP contribution in [0.1, 0.15) is 85.5 Å². The van der Waals surface area contributed by atoms with Crippen LogP contribution in [-0.2, 0) is 9.53 Å². The smallest absolute Gasteiger partial charge is 0.333 e. The van der Waals surface area contributed by atoms with Crippen LogP contribution in [0, 0.1) is 0 Å². The summed E-state index contributed by atoms with van der Waals surface area (Å²) in [6, 6.07) is 0. The van der Waals surface area contributed by atoms with Crippen LogP contribution in [0.4, 0.5) is 0 Å². The molecule has 0 aromatic heterocycles. The highest BCUT2D eigenvalue weighted by Gasteiger charge is 2.22. The molecule has 0 saturated carbocycles. The molecule has 0 amide bonds. The SMILES string of the molecule is C=C(C)C(=O)OC(C)(C)CCCCCCCCCC. The molecule has 0 aliphatic rings. The van der Waals surface area contributed by atoms with Crippen LogP contribution >= 0.6 is 0 Å². The van der Waals surface area contributed by atoms with E-state index >= 15 is 0 Å². The van der Waals surface area contributed by atoms with Crippen molar-refractivity contribution in [3.05, 3.63) is 12.2 Å². The maximum Gasteiger partial charge on any atom is 0.333 e. The molecule has 0 heterocycles. The molecule has 0 rings (SSSR count). The van der Waals surface area contributed by atoms with Crippen molar-refractivity contribution in [1.29, 1.82) is 0 Å². The van der Waals surface area contributed by atoms with Crippen LogP contribution in [0.5, 0.6) is 0 Å². The Morgan fingerprint density at radius 3 is 1.95 bits per heavy atom. The van der Waals surface area contributed by atoms with Gasteiger partial charge in [0.2, 0.25) is 0 Å². The van der Waals surface area contributed by atoms with Crippen molar-refractivity contribution in [2.45, 2.75) is 91.1 Å². The topological polar surface area (TPSA) is 26.3 Å². The van der Waals surface area contributed by atoms with Crippen LogP contribution in [0.25, 0.3) is 0 Å². The molecule has 0 radical (unpaired) electrons. The quantitative estimate of drug-likeness (QED) is 0.284. The van der Waals surface area contributed by atoms with E-state index in [4.69, 9.17) is 4.74 Å². The number of carbonyl (C=O) groups is 1. The van der Waals surface area contributed by atoms with Gasteiger partial charge in [-0.15, -0.1) is 0 Å². The summed E-state index contributed by atoms with van der Waals surface area (Å²) in [6.07, 6.45) is 11.3. The van der Waals surface area contributed by atoms with E-state index in [1.54, 1.807) is 6.92 Å². The summed E-state index contributed by atoms with van der Waals surface area (Å²) in [5.41, 5.74) is 0.113. The van der Waals surface area contributed by atoms with Crippen molar-refractivity contribution in [2.75, 3.05) is 0 Å². The van der Waals surface area contributed by atoms with E-state index in [0.717, 1.165) is 12.8 Å². The predicted molar refractivity (Wildman–Crippen MR) is 82.2 cm³/mol. The Hall–Kier alpha value is -0.790. The summed E-state index contributed by atoms with van der Waals surface area (Å²) in [5, 5.41) is 0. The zero-order chi connectivity index (χ0) is 14.7. The maximum atomic E-state index is 11.5. The molecule has 0 spiro atoms. The normalized spacial score (nSPS) is 11.4. The Bertz CT molecular complexity index is 266. The number of hydrogen-bond donors (Lipinski definition) is 0. The summed E-state index contributed by atoms with van der Waals surface area (Å²) < 4.78 is 5.42. The molecule has 0 atom stereocenters. The van der Waals surface area contributed by atoms with E-state index in [1.807, 2.05) is 13.8 Å². The summed E-state index contributed by atoms with van der Waals surface area (Å²) in [6.45, 7) is 11.5. The van der Waals surface area contributed by atoms with Gasteiger partial charge >= 0.3 is 5.97 Å². The highest BCUT2D eigenvalue weighted by atomic mass is 16.6. The van der Waals surface area contributed by atoms with Crippen molar-refractivity contribution >= 4 is 5.97 Å². The van der Waals surface area contributed by atoms with Gasteiger partial charge in [-0.3, -0.25) is 0 Å². The summed E-state index contributed by atoms with van der Waals surface area (Å²) in [7, 11) is 0. The number of carbonyl (C=O) groups excluding carboxylic acids is 1. The Morgan fingerprint density at radius 1 is 1.00 bits per heavy atom. The molecule has 2 heteroatoms. The number of ether oxygens (including phenoxy) is 1. The fourth-order valence-electron chi connectivity index (χ4n) is 2.07. The van der Waals surface area contributed by atoms with Crippen LogP contribution in [-0.4, -0.2) is 11.6 Å². The monoisotopic (exact) mass is 268 g/mol. The molecular weight excluding hydrogens is 236 g/mol. The molecule has 0 aliphatic carbocycles. The first-order valence-corrected chi connectivity index (χ1v) is 7.78. The van der Waals surface area contributed by atoms with Gasteiger partial charge < -0.3 is 4.74 Å². The van der Waals surface area contributed by atoms with Crippen molar-refractivity contribution in [2.24, 2.45) is 0 Å². The maximum absolute atomic E-state index is 11.5. The minimum absolute atomic E-state index is 0.274. The minimum atomic E-state index is -0.363. The summed E-state index contributed by atoms with van der Waals surface area (Å²) >= 11 is 0. The zero-order valence-electron chi connectivity index (χ0n) is 13.4. The molecule has 0 aromatic rings. The molecule has 0 aliphatic heterocycles. The largest absolute Gasteiger partial charge is 0.456 e. The predicted octanol–water partition coefficient (Wildman–Crippen LogP) is 5.42. The third kappa shape index (κ3) is 10.8. The molecule has 0 N–H and O–H groups in total. The van der Waals surface area contributed by atoms with E-state index in [-0.39, 0.29) is 11.6 Å². The zero-order valence-corrected chi connectivity index (χ0v) is 13.4. The highest BCUT2D eigenvalue weighted by molar-refractivity contribution is 5.87. The number of rotatable bonds is 11. The number of esters is 1. The first-order chi connectivity index (χ1) is 8.89. The van der Waals surface area contributed by atoms with Gasteiger partial charge in [-0.05, 0) is 33.6 Å². The first-order valence-electron chi connectivity index (χ1n) is 7.78. The Labute approximate surface area is 119 Å². The fraction of sp³-hybridized carbons (Fsp3) is 0.824. The molecule has 112 valence electrons. The van der Waals surface area contributed by atoms with Crippen LogP contribution in [0.3, 0.4) is 0 Å². The lowest BCUT2D eigenvalue weighted by Gasteiger charge is -2.25. The van der Waals surface area contributed by atoms with Crippen LogP contribution < -0.4 is 0 Å². The van der Waals surface area contributed by atoms with Gasteiger partial charge in [-0.25, -0.2) is 4.79 Å². The fourth-order valence-corrected chi connectivity index (χ4v) is 2.07. The van der Waals surface area contributed by atoms with Gasteiger partial charge in [0.25, 0.3) is 0 Å².